The summed E-state index contributed by atoms with van der Waals surface area (Å²) in [5.41, 5.74) is 1.08. The molecule has 0 spiro atoms. The molecule has 1 unspecified atom stereocenters. The van der Waals surface area contributed by atoms with Crippen molar-refractivity contribution < 1.29 is 0 Å². The molecule has 0 aliphatic carbocycles. The Kier molecular flexibility index (Phi) is 4.28. The lowest BCUT2D eigenvalue weighted by molar-refractivity contribution is 0.623. The van der Waals surface area contributed by atoms with Gasteiger partial charge in [-0.1, -0.05) is 35.2 Å². The van der Waals surface area contributed by atoms with E-state index in [1.54, 1.807) is 6.07 Å². The van der Waals surface area contributed by atoms with Gasteiger partial charge in [0.05, 0.1) is 16.6 Å². The number of hydrogen-bond acceptors (Lipinski definition) is 1. The molecular weight excluding hydrogens is 217 g/mol. The van der Waals surface area contributed by atoms with Crippen LogP contribution in [0.15, 0.2) is 18.2 Å². The number of halogens is 2. The van der Waals surface area contributed by atoms with E-state index in [1.807, 2.05) is 19.1 Å². The van der Waals surface area contributed by atoms with Gasteiger partial charge in [-0.2, -0.15) is 0 Å². The average molecular weight is 228 g/mol. The minimum absolute atomic E-state index is 0.181. The first-order chi connectivity index (χ1) is 6.65. The smallest absolute Gasteiger partial charge is 0.0595 e. The third-order valence-electron chi connectivity index (χ3n) is 1.95. The lowest BCUT2D eigenvalue weighted by atomic mass is 10.1. The summed E-state index contributed by atoms with van der Waals surface area (Å²) in [5, 5.41) is 4.29. The molecule has 0 saturated carbocycles. The highest BCUT2D eigenvalue weighted by molar-refractivity contribution is 6.42. The van der Waals surface area contributed by atoms with Crippen LogP contribution in [-0.2, 0) is 0 Å². The summed E-state index contributed by atoms with van der Waals surface area (Å²) in [6.45, 7) is 2.57. The first-order valence-corrected chi connectivity index (χ1v) is 5.02. The van der Waals surface area contributed by atoms with Crippen molar-refractivity contribution in [2.75, 3.05) is 6.54 Å². The second-order valence-corrected chi connectivity index (χ2v) is 3.79. The largest absolute Gasteiger partial charge is 0.300 e. The highest BCUT2D eigenvalue weighted by atomic mass is 35.5. The van der Waals surface area contributed by atoms with E-state index in [1.165, 1.54) is 0 Å². The Labute approximate surface area is 94.4 Å². The van der Waals surface area contributed by atoms with Gasteiger partial charge in [0.15, 0.2) is 0 Å². The molecule has 0 aromatic heterocycles. The summed E-state index contributed by atoms with van der Waals surface area (Å²) in [6, 6.07) is 5.74. The molecule has 1 rings (SSSR count). The van der Waals surface area contributed by atoms with Gasteiger partial charge in [-0.05, 0) is 24.6 Å². The molecule has 1 N–H and O–H groups in total. The minimum atomic E-state index is 0.181. The molecule has 0 radical (unpaired) electrons. The van der Waals surface area contributed by atoms with Crippen LogP contribution in [0.4, 0.5) is 0 Å². The molecule has 0 aliphatic heterocycles. The van der Waals surface area contributed by atoms with Crippen molar-refractivity contribution in [3.05, 3.63) is 33.8 Å². The number of hydrogen-bond donors (Lipinski definition) is 1. The zero-order valence-corrected chi connectivity index (χ0v) is 9.36. The Bertz CT molecular complexity index is 355. The highest BCUT2D eigenvalue weighted by Gasteiger charge is 2.05. The van der Waals surface area contributed by atoms with Crippen LogP contribution < -0.4 is 5.32 Å². The third kappa shape index (κ3) is 2.92. The summed E-state index contributed by atoms with van der Waals surface area (Å²) in [4.78, 5) is 0. The van der Waals surface area contributed by atoms with Gasteiger partial charge in [0.1, 0.15) is 0 Å². The summed E-state index contributed by atoms with van der Waals surface area (Å²) in [6.07, 6.45) is 5.15. The third-order valence-corrected chi connectivity index (χ3v) is 2.69. The molecule has 1 nitrogen and oxygen atoms in total. The van der Waals surface area contributed by atoms with Crippen LogP contribution in [0.5, 0.6) is 0 Å². The molecule has 1 atom stereocenters. The maximum absolute atomic E-state index is 5.89. The van der Waals surface area contributed by atoms with Crippen molar-refractivity contribution in [2.24, 2.45) is 0 Å². The Balaban J connectivity index is 2.76. The lowest BCUT2D eigenvalue weighted by Crippen LogP contribution is -2.18. The fraction of sp³-hybridized carbons (Fsp3) is 0.273. The number of benzene rings is 1. The Morgan fingerprint density at radius 1 is 1.43 bits per heavy atom. The van der Waals surface area contributed by atoms with Crippen LogP contribution >= 0.6 is 23.2 Å². The second kappa shape index (κ2) is 5.26. The molecule has 0 bridgehead atoms. The van der Waals surface area contributed by atoms with Crippen LogP contribution in [0.2, 0.25) is 10.0 Å². The molecule has 0 aliphatic rings. The van der Waals surface area contributed by atoms with Crippen molar-refractivity contribution in [3.63, 3.8) is 0 Å². The molecule has 74 valence electrons. The molecule has 1 aromatic carbocycles. The fourth-order valence-corrected chi connectivity index (χ4v) is 1.42. The first kappa shape index (κ1) is 11.4. The van der Waals surface area contributed by atoms with Gasteiger partial charge in [-0.25, -0.2) is 0 Å². The molecule has 0 heterocycles. The molecule has 1 aromatic rings. The minimum Gasteiger partial charge on any atom is -0.300 e. The van der Waals surface area contributed by atoms with Crippen molar-refractivity contribution in [2.45, 2.75) is 13.0 Å². The summed E-state index contributed by atoms with van der Waals surface area (Å²) in [7, 11) is 0. The molecule has 0 saturated heterocycles. The molecule has 0 amide bonds. The topological polar surface area (TPSA) is 12.0 Å². The van der Waals surface area contributed by atoms with Crippen LogP contribution in [0.25, 0.3) is 0 Å². The van der Waals surface area contributed by atoms with E-state index in [4.69, 9.17) is 29.6 Å². The van der Waals surface area contributed by atoms with Crippen molar-refractivity contribution in [3.8, 4) is 12.3 Å². The van der Waals surface area contributed by atoms with E-state index in [2.05, 4.69) is 11.2 Å². The second-order valence-electron chi connectivity index (χ2n) is 2.98. The highest BCUT2D eigenvalue weighted by Crippen LogP contribution is 2.25. The van der Waals surface area contributed by atoms with E-state index in [0.717, 1.165) is 5.56 Å². The van der Waals surface area contributed by atoms with E-state index in [9.17, 15) is 0 Å². The normalized spacial score (nSPS) is 12.1. The Morgan fingerprint density at radius 2 is 2.14 bits per heavy atom. The molecule has 3 heteroatoms. The number of terminal acetylenes is 1. The molecular formula is C11H11Cl2N. The lowest BCUT2D eigenvalue weighted by Gasteiger charge is -2.12. The van der Waals surface area contributed by atoms with E-state index >= 15 is 0 Å². The molecule has 14 heavy (non-hydrogen) atoms. The Hall–Kier alpha value is -0.680. The first-order valence-electron chi connectivity index (χ1n) is 4.27. The van der Waals surface area contributed by atoms with Gasteiger partial charge >= 0.3 is 0 Å². The van der Waals surface area contributed by atoms with Gasteiger partial charge in [-0.3, -0.25) is 5.32 Å². The summed E-state index contributed by atoms with van der Waals surface area (Å²) < 4.78 is 0. The van der Waals surface area contributed by atoms with E-state index in [-0.39, 0.29) is 6.04 Å². The van der Waals surface area contributed by atoms with E-state index < -0.39 is 0 Å². The molecule has 0 fully saturated rings. The van der Waals surface area contributed by atoms with E-state index in [0.29, 0.717) is 16.6 Å². The van der Waals surface area contributed by atoms with Gasteiger partial charge in [0.2, 0.25) is 0 Å². The monoisotopic (exact) mass is 227 g/mol. The van der Waals surface area contributed by atoms with Crippen molar-refractivity contribution >= 4 is 23.2 Å². The summed E-state index contributed by atoms with van der Waals surface area (Å²) >= 11 is 11.7. The quantitative estimate of drug-likeness (QED) is 0.783. The Morgan fingerprint density at radius 3 is 2.71 bits per heavy atom. The zero-order valence-electron chi connectivity index (χ0n) is 7.85. The number of nitrogens with one attached hydrogen (secondary N) is 1. The van der Waals surface area contributed by atoms with Gasteiger partial charge in [0, 0.05) is 6.04 Å². The standard InChI is InChI=1S/C11H11Cl2N/c1-3-6-14-8(2)9-4-5-10(12)11(13)7-9/h1,4-5,7-8,14H,6H2,2H3. The maximum atomic E-state index is 5.89. The van der Waals surface area contributed by atoms with Gasteiger partial charge in [0.25, 0.3) is 0 Å². The average Bonchev–Trinajstić information content (AvgIpc) is 2.18. The summed E-state index contributed by atoms with van der Waals surface area (Å²) in [5.74, 6) is 2.52. The van der Waals surface area contributed by atoms with Crippen LogP contribution in [0.3, 0.4) is 0 Å². The number of rotatable bonds is 3. The fourth-order valence-electron chi connectivity index (χ4n) is 1.11. The predicted molar refractivity (Wildman–Crippen MR) is 61.7 cm³/mol. The van der Waals surface area contributed by atoms with Crippen LogP contribution in [0, 0.1) is 12.3 Å². The van der Waals surface area contributed by atoms with Crippen LogP contribution in [-0.4, -0.2) is 6.54 Å². The van der Waals surface area contributed by atoms with Gasteiger partial charge in [-0.15, -0.1) is 6.42 Å². The SMILES string of the molecule is C#CCNC(C)c1ccc(Cl)c(Cl)c1. The maximum Gasteiger partial charge on any atom is 0.0595 e. The van der Waals surface area contributed by atoms with Crippen LogP contribution in [0.1, 0.15) is 18.5 Å². The van der Waals surface area contributed by atoms with Gasteiger partial charge < -0.3 is 0 Å². The van der Waals surface area contributed by atoms with Crippen molar-refractivity contribution in [1.82, 2.24) is 5.32 Å². The predicted octanol–water partition coefficient (Wildman–Crippen LogP) is 3.28. The van der Waals surface area contributed by atoms with Crippen molar-refractivity contribution in [1.29, 1.82) is 0 Å². The zero-order chi connectivity index (χ0) is 10.6.